The van der Waals surface area contributed by atoms with Gasteiger partial charge in [-0.15, -0.1) is 0 Å². The lowest BCUT2D eigenvalue weighted by Gasteiger charge is -2.49. The van der Waals surface area contributed by atoms with Crippen molar-refractivity contribution in [2.75, 3.05) is 11.5 Å². The third-order valence-electron chi connectivity index (χ3n) is 3.32. The summed E-state index contributed by atoms with van der Waals surface area (Å²) in [4.78, 5) is 25.2. The number of carboxylic acids is 1. The second-order valence-corrected chi connectivity index (χ2v) is 7.14. The van der Waals surface area contributed by atoms with Crippen LogP contribution in [0.1, 0.15) is 41.0 Å². The van der Waals surface area contributed by atoms with E-state index >= 15 is 0 Å². The fourth-order valence-electron chi connectivity index (χ4n) is 2.94. The van der Waals surface area contributed by atoms with E-state index < -0.39 is 11.5 Å². The smallest absolute Gasteiger partial charge is 0.330 e. The van der Waals surface area contributed by atoms with Gasteiger partial charge in [0.05, 0.1) is 0 Å². The molecule has 0 radical (unpaired) electrons. The summed E-state index contributed by atoms with van der Waals surface area (Å²) in [6.07, 6.45) is 0.514. The maximum atomic E-state index is 11.9. The number of nitrogens with zero attached hydrogens (tertiary/aromatic N) is 1. The summed E-state index contributed by atoms with van der Waals surface area (Å²) in [5, 5.41) is 9.68. The van der Waals surface area contributed by atoms with Crippen molar-refractivity contribution >= 4 is 23.6 Å². The fourth-order valence-corrected chi connectivity index (χ4v) is 4.40. The zero-order chi connectivity index (χ0) is 14.1. The molecule has 0 spiro atoms. The minimum atomic E-state index is -1.06. The minimum absolute atomic E-state index is 0.0656. The number of hydrogen-bond acceptors (Lipinski definition) is 3. The van der Waals surface area contributed by atoms with Gasteiger partial charge in [-0.05, 0) is 31.4 Å². The normalized spacial score (nSPS) is 27.0. The molecular formula is C13H23NO3S. The van der Waals surface area contributed by atoms with E-state index in [0.29, 0.717) is 12.2 Å². The van der Waals surface area contributed by atoms with Crippen LogP contribution in [0.3, 0.4) is 0 Å². The van der Waals surface area contributed by atoms with Crippen LogP contribution in [0.25, 0.3) is 0 Å². The van der Waals surface area contributed by atoms with Gasteiger partial charge in [0.25, 0.3) is 0 Å². The third kappa shape index (κ3) is 2.82. The van der Waals surface area contributed by atoms with Gasteiger partial charge in [0.15, 0.2) is 0 Å². The van der Waals surface area contributed by atoms with Crippen LogP contribution in [0.5, 0.6) is 0 Å². The van der Waals surface area contributed by atoms with Gasteiger partial charge < -0.3 is 10.0 Å². The van der Waals surface area contributed by atoms with Crippen LogP contribution < -0.4 is 0 Å². The van der Waals surface area contributed by atoms with E-state index in [-0.39, 0.29) is 17.4 Å². The summed E-state index contributed by atoms with van der Waals surface area (Å²) in [7, 11) is 0. The maximum absolute atomic E-state index is 11.9. The van der Waals surface area contributed by atoms with Crippen molar-refractivity contribution in [3.05, 3.63) is 0 Å². The quantitative estimate of drug-likeness (QED) is 0.856. The van der Waals surface area contributed by atoms with Crippen molar-refractivity contribution < 1.29 is 14.7 Å². The highest BCUT2D eigenvalue weighted by Gasteiger charge is 2.52. The van der Waals surface area contributed by atoms with Crippen LogP contribution in [0, 0.1) is 5.41 Å². The molecule has 0 aromatic rings. The van der Waals surface area contributed by atoms with Gasteiger partial charge in [0.1, 0.15) is 5.54 Å². The lowest BCUT2D eigenvalue weighted by atomic mass is 9.78. The predicted octanol–water partition coefficient (Wildman–Crippen LogP) is 2.23. The molecule has 1 aliphatic rings. The molecule has 1 aliphatic heterocycles. The number of aliphatic carboxylic acids is 1. The first kappa shape index (κ1) is 15.3. The van der Waals surface area contributed by atoms with E-state index in [1.54, 1.807) is 16.7 Å². The van der Waals surface area contributed by atoms with E-state index in [0.717, 1.165) is 5.75 Å². The first-order valence-corrected chi connectivity index (χ1v) is 7.39. The van der Waals surface area contributed by atoms with Crippen LogP contribution in [-0.2, 0) is 9.59 Å². The Morgan fingerprint density at radius 3 is 2.17 bits per heavy atom. The predicted molar refractivity (Wildman–Crippen MR) is 73.7 cm³/mol. The molecule has 1 fully saturated rings. The molecule has 1 rings (SSSR count). The van der Waals surface area contributed by atoms with E-state index in [2.05, 4.69) is 13.8 Å². The Morgan fingerprint density at radius 1 is 1.28 bits per heavy atom. The molecular weight excluding hydrogens is 250 g/mol. The standard InChI is InChI=1S/C13H23NO3S/c1-9(2)14(10(3)15)13(11(16)17)6-12(4,5)7-18-8-13/h9H,6-8H2,1-5H3,(H,16,17). The number of carboxylic acid groups (broad SMARTS) is 1. The summed E-state index contributed by atoms with van der Waals surface area (Å²) in [6, 6.07) is -0.104. The molecule has 1 unspecified atom stereocenters. The Balaban J connectivity index is 3.21. The second kappa shape index (κ2) is 5.11. The van der Waals surface area contributed by atoms with Gasteiger partial charge in [0.2, 0.25) is 5.91 Å². The minimum Gasteiger partial charge on any atom is -0.479 e. The van der Waals surface area contributed by atoms with Crippen LogP contribution in [-0.4, -0.2) is 45.0 Å². The molecule has 1 amide bonds. The average molecular weight is 273 g/mol. The zero-order valence-electron chi connectivity index (χ0n) is 11.8. The number of carbonyl (C=O) groups is 2. The third-order valence-corrected chi connectivity index (χ3v) is 4.99. The molecule has 1 N–H and O–H groups in total. The Labute approximate surface area is 113 Å². The van der Waals surface area contributed by atoms with Crippen LogP contribution in [0.2, 0.25) is 0 Å². The number of thioether (sulfide) groups is 1. The van der Waals surface area contributed by atoms with Crippen molar-refractivity contribution in [3.63, 3.8) is 0 Å². The second-order valence-electron chi connectivity index (χ2n) is 6.15. The highest BCUT2D eigenvalue weighted by atomic mass is 32.2. The van der Waals surface area contributed by atoms with Crippen molar-refractivity contribution in [3.8, 4) is 0 Å². The molecule has 0 aliphatic carbocycles. The Hall–Kier alpha value is -0.710. The topological polar surface area (TPSA) is 57.6 Å². The molecule has 1 heterocycles. The SMILES string of the molecule is CC(=O)N(C(C)C)C1(C(=O)O)CSCC(C)(C)C1. The zero-order valence-corrected chi connectivity index (χ0v) is 12.6. The summed E-state index contributed by atoms with van der Waals surface area (Å²) >= 11 is 1.63. The molecule has 104 valence electrons. The first-order valence-electron chi connectivity index (χ1n) is 6.23. The highest BCUT2D eigenvalue weighted by molar-refractivity contribution is 7.99. The summed E-state index contributed by atoms with van der Waals surface area (Å²) < 4.78 is 0. The monoisotopic (exact) mass is 273 g/mol. The molecule has 0 saturated carbocycles. The number of carbonyl (C=O) groups excluding carboxylic acids is 1. The maximum Gasteiger partial charge on any atom is 0.330 e. The molecule has 5 heteroatoms. The number of rotatable bonds is 3. The molecule has 1 saturated heterocycles. The molecule has 0 bridgehead atoms. The van der Waals surface area contributed by atoms with E-state index in [1.165, 1.54) is 6.92 Å². The number of amides is 1. The molecule has 1 atom stereocenters. The lowest BCUT2D eigenvalue weighted by Crippen LogP contribution is -2.64. The van der Waals surface area contributed by atoms with Crippen molar-refractivity contribution in [2.45, 2.75) is 52.6 Å². The van der Waals surface area contributed by atoms with Gasteiger partial charge >= 0.3 is 5.97 Å². The van der Waals surface area contributed by atoms with Gasteiger partial charge in [0, 0.05) is 18.7 Å². The molecule has 0 aromatic heterocycles. The van der Waals surface area contributed by atoms with E-state index in [9.17, 15) is 14.7 Å². The van der Waals surface area contributed by atoms with Crippen LogP contribution in [0.4, 0.5) is 0 Å². The van der Waals surface area contributed by atoms with E-state index in [1.807, 2.05) is 13.8 Å². The first-order chi connectivity index (χ1) is 8.12. The van der Waals surface area contributed by atoms with Crippen molar-refractivity contribution in [1.29, 1.82) is 0 Å². The van der Waals surface area contributed by atoms with Crippen molar-refractivity contribution in [2.24, 2.45) is 5.41 Å². The largest absolute Gasteiger partial charge is 0.479 e. The van der Waals surface area contributed by atoms with Gasteiger partial charge in [-0.3, -0.25) is 4.79 Å². The number of hydrogen-bond donors (Lipinski definition) is 1. The van der Waals surface area contributed by atoms with Gasteiger partial charge in [-0.2, -0.15) is 11.8 Å². The molecule has 18 heavy (non-hydrogen) atoms. The van der Waals surface area contributed by atoms with E-state index in [4.69, 9.17) is 0 Å². The Kier molecular flexibility index (Phi) is 4.36. The van der Waals surface area contributed by atoms with Gasteiger partial charge in [-0.25, -0.2) is 4.79 Å². The summed E-state index contributed by atoms with van der Waals surface area (Å²) in [5.74, 6) is 0.368. The summed E-state index contributed by atoms with van der Waals surface area (Å²) in [5.41, 5.74) is -1.13. The lowest BCUT2D eigenvalue weighted by molar-refractivity contribution is -0.161. The van der Waals surface area contributed by atoms with Gasteiger partial charge in [-0.1, -0.05) is 13.8 Å². The Morgan fingerprint density at radius 2 is 1.83 bits per heavy atom. The summed E-state index contributed by atoms with van der Waals surface area (Å²) in [6.45, 7) is 9.33. The molecule has 4 nitrogen and oxygen atoms in total. The van der Waals surface area contributed by atoms with Crippen LogP contribution in [0.15, 0.2) is 0 Å². The van der Waals surface area contributed by atoms with Crippen molar-refractivity contribution in [1.82, 2.24) is 4.90 Å². The molecule has 0 aromatic carbocycles. The average Bonchev–Trinajstić information content (AvgIpc) is 2.13. The Bertz CT molecular complexity index is 354. The highest BCUT2D eigenvalue weighted by Crippen LogP contribution is 2.43. The fraction of sp³-hybridized carbons (Fsp3) is 0.846. The van der Waals surface area contributed by atoms with Crippen LogP contribution >= 0.6 is 11.8 Å².